The predicted octanol–water partition coefficient (Wildman–Crippen LogP) is 3.21. The maximum atomic E-state index is 12.2. The number of aromatic nitrogens is 2. The summed E-state index contributed by atoms with van der Waals surface area (Å²) in [6.45, 7) is 7.73. The van der Waals surface area contributed by atoms with Crippen molar-refractivity contribution in [3.63, 3.8) is 0 Å². The summed E-state index contributed by atoms with van der Waals surface area (Å²) < 4.78 is 9.70. The van der Waals surface area contributed by atoms with Crippen LogP contribution in [0.15, 0.2) is 30.5 Å². The topological polar surface area (TPSA) is 64.1 Å². The van der Waals surface area contributed by atoms with Gasteiger partial charge in [0, 0.05) is 17.1 Å². The van der Waals surface area contributed by atoms with Gasteiger partial charge in [-0.3, -0.25) is 4.79 Å². The number of nitrogens with one attached hydrogen (secondary N) is 1. The average Bonchev–Trinajstić information content (AvgIpc) is 2.90. The summed E-state index contributed by atoms with van der Waals surface area (Å²) in [4.78, 5) is 17.5. The molecule has 1 amide bonds. The Balaban J connectivity index is 2.07. The molecule has 2 aromatic heterocycles. The van der Waals surface area contributed by atoms with Crippen LogP contribution < -0.4 is 10.1 Å². The monoisotopic (exact) mass is 305 g/mol. The predicted molar refractivity (Wildman–Crippen MR) is 82.6 cm³/mol. The zero-order valence-electron chi connectivity index (χ0n) is 12.6. The minimum absolute atomic E-state index is 0.0982. The Morgan fingerprint density at radius 3 is 2.71 bits per heavy atom. The van der Waals surface area contributed by atoms with E-state index in [1.54, 1.807) is 24.4 Å². The third kappa shape index (κ3) is 4.53. The molecule has 0 aliphatic heterocycles. The number of nitrogens with zero attached hydrogens (tertiary/aromatic N) is 2. The highest BCUT2D eigenvalue weighted by atomic mass is 32.1. The maximum Gasteiger partial charge on any atom is 0.270 e. The van der Waals surface area contributed by atoms with Crippen LogP contribution in [0.25, 0.3) is 0 Å². The highest BCUT2D eigenvalue weighted by Gasteiger charge is 2.16. The zero-order valence-corrected chi connectivity index (χ0v) is 13.4. The van der Waals surface area contributed by atoms with Crippen LogP contribution in [0.5, 0.6) is 5.88 Å². The van der Waals surface area contributed by atoms with Gasteiger partial charge >= 0.3 is 0 Å². The van der Waals surface area contributed by atoms with Crippen LogP contribution in [0.2, 0.25) is 0 Å². The second-order valence-corrected chi connectivity index (χ2v) is 6.55. The molecule has 1 unspecified atom stereocenters. The number of amides is 1. The summed E-state index contributed by atoms with van der Waals surface area (Å²) in [5, 5.41) is 2.90. The van der Waals surface area contributed by atoms with Crippen molar-refractivity contribution in [3.05, 3.63) is 41.0 Å². The summed E-state index contributed by atoms with van der Waals surface area (Å²) in [6.07, 6.45) is 1.72. The molecule has 1 atom stereocenters. The van der Waals surface area contributed by atoms with E-state index >= 15 is 0 Å². The molecule has 5 nitrogen and oxygen atoms in total. The van der Waals surface area contributed by atoms with Crippen molar-refractivity contribution in [1.82, 2.24) is 14.7 Å². The van der Waals surface area contributed by atoms with E-state index in [4.69, 9.17) is 4.74 Å². The first kappa shape index (κ1) is 15.4. The number of hydrogen-bond donors (Lipinski definition) is 1. The number of rotatable bonds is 4. The van der Waals surface area contributed by atoms with Gasteiger partial charge in [0.1, 0.15) is 11.3 Å². The van der Waals surface area contributed by atoms with Gasteiger partial charge in [-0.2, -0.15) is 0 Å². The summed E-state index contributed by atoms with van der Waals surface area (Å²) in [5.74, 6) is 0.218. The van der Waals surface area contributed by atoms with Crippen molar-refractivity contribution in [1.29, 1.82) is 0 Å². The summed E-state index contributed by atoms with van der Waals surface area (Å²) in [7, 11) is 0. The van der Waals surface area contributed by atoms with Gasteiger partial charge in [-0.15, -0.1) is 0 Å². The fraction of sp³-hybridized carbons (Fsp3) is 0.400. The van der Waals surface area contributed by atoms with Crippen molar-refractivity contribution in [2.24, 2.45) is 0 Å². The van der Waals surface area contributed by atoms with Gasteiger partial charge < -0.3 is 10.1 Å². The second kappa shape index (κ2) is 6.22. The highest BCUT2D eigenvalue weighted by molar-refractivity contribution is 7.05. The molecular weight excluding hydrogens is 286 g/mol. The first-order chi connectivity index (χ1) is 9.85. The van der Waals surface area contributed by atoms with Crippen molar-refractivity contribution in [2.45, 2.75) is 39.3 Å². The molecule has 0 fully saturated rings. The molecular formula is C15H19N3O2S. The van der Waals surface area contributed by atoms with Gasteiger partial charge in [-0.1, -0.05) is 6.07 Å². The van der Waals surface area contributed by atoms with Crippen LogP contribution in [-0.4, -0.2) is 20.9 Å². The molecule has 0 radical (unpaired) electrons. The van der Waals surface area contributed by atoms with E-state index in [1.165, 1.54) is 11.5 Å². The molecule has 2 aromatic rings. The highest BCUT2D eigenvalue weighted by Crippen LogP contribution is 2.18. The van der Waals surface area contributed by atoms with E-state index < -0.39 is 0 Å². The van der Waals surface area contributed by atoms with Crippen LogP contribution in [0, 0.1) is 0 Å². The molecule has 0 aromatic carbocycles. The van der Waals surface area contributed by atoms with E-state index in [2.05, 4.69) is 14.7 Å². The molecule has 112 valence electrons. The molecule has 2 rings (SSSR count). The van der Waals surface area contributed by atoms with Gasteiger partial charge in [0.2, 0.25) is 5.88 Å². The van der Waals surface area contributed by atoms with Crippen molar-refractivity contribution in [3.8, 4) is 5.88 Å². The standard InChI is InChI=1S/C15H19N3O2S/c1-10(12-8-9-16-21-12)17-14(19)11-6-5-7-13(18-11)20-15(2,3)4/h5-10H,1-4H3,(H,17,19). The Hall–Kier alpha value is -1.95. The van der Waals surface area contributed by atoms with Crippen LogP contribution in [0.1, 0.15) is 49.1 Å². The molecule has 0 aliphatic carbocycles. The lowest BCUT2D eigenvalue weighted by molar-refractivity contribution is 0.0927. The third-order valence-corrected chi connectivity index (χ3v) is 3.53. The number of carbonyl (C=O) groups excluding carboxylic acids is 1. The van der Waals surface area contributed by atoms with Crippen LogP contribution in [-0.2, 0) is 0 Å². The fourth-order valence-corrected chi connectivity index (χ4v) is 2.28. The van der Waals surface area contributed by atoms with E-state index in [1.807, 2.05) is 33.8 Å². The zero-order chi connectivity index (χ0) is 15.5. The van der Waals surface area contributed by atoms with Gasteiger partial charge in [-0.05, 0) is 51.4 Å². The Morgan fingerprint density at radius 1 is 1.33 bits per heavy atom. The first-order valence-corrected chi connectivity index (χ1v) is 7.50. The van der Waals surface area contributed by atoms with Crippen LogP contribution in [0.3, 0.4) is 0 Å². The molecule has 21 heavy (non-hydrogen) atoms. The van der Waals surface area contributed by atoms with Crippen molar-refractivity contribution in [2.75, 3.05) is 0 Å². The number of hydrogen-bond acceptors (Lipinski definition) is 5. The Kier molecular flexibility index (Phi) is 4.57. The first-order valence-electron chi connectivity index (χ1n) is 6.73. The number of carbonyl (C=O) groups is 1. The molecule has 0 saturated heterocycles. The summed E-state index contributed by atoms with van der Waals surface area (Å²) in [6, 6.07) is 6.97. The molecule has 0 aliphatic rings. The molecule has 0 saturated carbocycles. The van der Waals surface area contributed by atoms with E-state index in [9.17, 15) is 4.79 Å². The molecule has 1 N–H and O–H groups in total. The lowest BCUT2D eigenvalue weighted by atomic mass is 10.2. The average molecular weight is 305 g/mol. The Bertz CT molecular complexity index is 606. The van der Waals surface area contributed by atoms with Gasteiger partial charge in [0.25, 0.3) is 5.91 Å². The SMILES string of the molecule is CC(NC(=O)c1cccc(OC(C)(C)C)n1)c1ccns1. The number of ether oxygens (including phenoxy) is 1. The molecule has 2 heterocycles. The van der Waals surface area contributed by atoms with E-state index in [-0.39, 0.29) is 17.6 Å². The largest absolute Gasteiger partial charge is 0.472 e. The van der Waals surface area contributed by atoms with Gasteiger partial charge in [0.05, 0.1) is 6.04 Å². The minimum atomic E-state index is -0.349. The fourth-order valence-electron chi connectivity index (χ4n) is 1.70. The Morgan fingerprint density at radius 2 is 2.10 bits per heavy atom. The smallest absolute Gasteiger partial charge is 0.270 e. The Labute approximate surface area is 128 Å². The molecule has 6 heteroatoms. The van der Waals surface area contributed by atoms with Gasteiger partial charge in [-0.25, -0.2) is 9.36 Å². The third-order valence-electron chi connectivity index (χ3n) is 2.60. The van der Waals surface area contributed by atoms with E-state index in [0.717, 1.165) is 4.88 Å². The quantitative estimate of drug-likeness (QED) is 0.942. The normalized spacial score (nSPS) is 12.8. The lowest BCUT2D eigenvalue weighted by Gasteiger charge is -2.20. The molecule has 0 bridgehead atoms. The second-order valence-electron chi connectivity index (χ2n) is 5.69. The van der Waals surface area contributed by atoms with Crippen LogP contribution >= 0.6 is 11.5 Å². The lowest BCUT2D eigenvalue weighted by Crippen LogP contribution is -2.28. The summed E-state index contributed by atoms with van der Waals surface area (Å²) in [5.41, 5.74) is -0.00833. The molecule has 0 spiro atoms. The van der Waals surface area contributed by atoms with Crippen LogP contribution in [0.4, 0.5) is 0 Å². The number of pyridine rings is 1. The maximum absolute atomic E-state index is 12.2. The van der Waals surface area contributed by atoms with Crippen molar-refractivity contribution < 1.29 is 9.53 Å². The minimum Gasteiger partial charge on any atom is -0.472 e. The van der Waals surface area contributed by atoms with Gasteiger partial charge in [0.15, 0.2) is 0 Å². The summed E-state index contributed by atoms with van der Waals surface area (Å²) >= 11 is 1.37. The van der Waals surface area contributed by atoms with E-state index in [0.29, 0.717) is 11.6 Å². The van der Waals surface area contributed by atoms with Crippen molar-refractivity contribution >= 4 is 17.4 Å².